The highest BCUT2D eigenvalue weighted by Gasteiger charge is 2.57. The predicted molar refractivity (Wildman–Crippen MR) is 113 cm³/mol. The van der Waals surface area contributed by atoms with Crippen LogP contribution in [0.15, 0.2) is 36.5 Å². The number of nitrogens with zero attached hydrogens (tertiary/aromatic N) is 1. The molecule has 0 unspecified atom stereocenters. The second kappa shape index (κ2) is 9.34. The number of alkyl halides is 4. The third-order valence-corrected chi connectivity index (χ3v) is 5.05. The molecule has 0 aliphatic heterocycles. The molecule has 7 nitrogen and oxygen atoms in total. The average Bonchev–Trinajstić information content (AvgIpc) is 2.71. The second-order valence-electron chi connectivity index (χ2n) is 8.30. The number of nitrogens with one attached hydrogen (secondary N) is 3. The predicted octanol–water partition coefficient (Wildman–Crippen LogP) is 3.81. The summed E-state index contributed by atoms with van der Waals surface area (Å²) in [6.07, 6.45) is -0.134. The molecule has 1 saturated carbocycles. The zero-order chi connectivity index (χ0) is 24.4. The Kier molecular flexibility index (Phi) is 6.92. The van der Waals surface area contributed by atoms with Crippen LogP contribution in [0.1, 0.15) is 48.3 Å². The third kappa shape index (κ3) is 5.78. The van der Waals surface area contributed by atoms with E-state index in [-0.39, 0.29) is 34.3 Å². The average molecular weight is 468 g/mol. The first-order valence-electron chi connectivity index (χ1n) is 10.2. The van der Waals surface area contributed by atoms with E-state index < -0.39 is 43.4 Å². The molecule has 11 heteroatoms. The highest BCUT2D eigenvalue weighted by Crippen LogP contribution is 2.45. The first-order chi connectivity index (χ1) is 15.4. The summed E-state index contributed by atoms with van der Waals surface area (Å²) >= 11 is 0. The van der Waals surface area contributed by atoms with Gasteiger partial charge in [-0.2, -0.15) is 8.78 Å². The molecule has 1 heterocycles. The van der Waals surface area contributed by atoms with Crippen LogP contribution >= 0.6 is 0 Å². The van der Waals surface area contributed by atoms with Crippen LogP contribution in [0.3, 0.4) is 0 Å². The lowest BCUT2D eigenvalue weighted by Gasteiger charge is -2.46. The van der Waals surface area contributed by atoms with Gasteiger partial charge in [-0.25, -0.2) is 8.78 Å². The first kappa shape index (κ1) is 24.4. The number of rotatable bonds is 9. The summed E-state index contributed by atoms with van der Waals surface area (Å²) in [6.45, 7) is 0.0166. The molecule has 0 atom stereocenters. The number of aliphatic hydroxyl groups excluding tert-OH is 1. The van der Waals surface area contributed by atoms with Crippen molar-refractivity contribution in [3.05, 3.63) is 53.3 Å². The molecule has 4 N–H and O–H groups in total. The van der Waals surface area contributed by atoms with E-state index in [1.807, 2.05) is 13.8 Å². The van der Waals surface area contributed by atoms with Crippen LogP contribution in [0.5, 0.6) is 5.75 Å². The van der Waals surface area contributed by atoms with Gasteiger partial charge in [0.05, 0.1) is 29.1 Å². The lowest BCUT2D eigenvalue weighted by atomic mass is 9.74. The number of pyridine rings is 1. The van der Waals surface area contributed by atoms with Gasteiger partial charge in [0.2, 0.25) is 0 Å². The molecule has 178 valence electrons. The van der Waals surface area contributed by atoms with Crippen molar-refractivity contribution in [3.63, 3.8) is 0 Å². The number of aliphatic hydroxyl groups is 1. The van der Waals surface area contributed by atoms with Crippen molar-refractivity contribution in [2.24, 2.45) is 0 Å². The number of carbonyl (C=O) groups excluding carboxylic acids is 1. The Bertz CT molecular complexity index is 1040. The Labute approximate surface area is 187 Å². The van der Waals surface area contributed by atoms with Crippen molar-refractivity contribution in [2.45, 2.75) is 50.8 Å². The zero-order valence-corrected chi connectivity index (χ0v) is 18.0. The van der Waals surface area contributed by atoms with E-state index in [0.717, 1.165) is 0 Å². The Balaban J connectivity index is 1.88. The monoisotopic (exact) mass is 468 g/mol. The summed E-state index contributed by atoms with van der Waals surface area (Å²) in [4.78, 5) is 16.9. The summed E-state index contributed by atoms with van der Waals surface area (Å²) in [5, 5.41) is 23.5. The fraction of sp³-hybridized carbons (Fsp3) is 0.409. The number of hydrogen-bond acceptors (Lipinski definition) is 6. The van der Waals surface area contributed by atoms with E-state index in [0.29, 0.717) is 5.69 Å². The Morgan fingerprint density at radius 3 is 2.52 bits per heavy atom. The smallest absolute Gasteiger partial charge is 0.387 e. The Morgan fingerprint density at radius 2 is 1.94 bits per heavy atom. The van der Waals surface area contributed by atoms with Gasteiger partial charge in [-0.1, -0.05) is 12.1 Å². The summed E-state index contributed by atoms with van der Waals surface area (Å²) in [6, 6.07) is 6.91. The molecule has 0 saturated heterocycles. The van der Waals surface area contributed by atoms with Crippen molar-refractivity contribution >= 4 is 17.3 Å². The minimum atomic E-state index is -3.01. The quantitative estimate of drug-likeness (QED) is 0.331. The van der Waals surface area contributed by atoms with Gasteiger partial charge >= 0.3 is 6.61 Å². The molecule has 0 spiro atoms. The molecule has 2 aromatic rings. The number of aromatic nitrogens is 1. The normalized spacial score (nSPS) is 16.3. The zero-order valence-electron chi connectivity index (χ0n) is 18.0. The fourth-order valence-electron chi connectivity index (χ4n) is 3.66. The fourth-order valence-corrected chi connectivity index (χ4v) is 3.66. The summed E-state index contributed by atoms with van der Waals surface area (Å²) in [5.74, 6) is -3.75. The van der Waals surface area contributed by atoms with Gasteiger partial charge < -0.3 is 20.5 Å². The van der Waals surface area contributed by atoms with Gasteiger partial charge in [-0.3, -0.25) is 15.2 Å². The van der Waals surface area contributed by atoms with Gasteiger partial charge in [0.25, 0.3) is 11.8 Å². The third-order valence-electron chi connectivity index (χ3n) is 5.05. The molecule has 0 bridgehead atoms. The van der Waals surface area contributed by atoms with Crippen molar-refractivity contribution in [2.75, 3.05) is 11.9 Å². The van der Waals surface area contributed by atoms with Gasteiger partial charge in [0.1, 0.15) is 11.4 Å². The van der Waals surface area contributed by atoms with E-state index in [1.165, 1.54) is 36.5 Å². The van der Waals surface area contributed by atoms with E-state index >= 15 is 0 Å². The van der Waals surface area contributed by atoms with Crippen molar-refractivity contribution in [1.29, 1.82) is 5.41 Å². The molecule has 1 aliphatic carbocycles. The molecule has 1 aliphatic rings. The lowest BCUT2D eigenvalue weighted by molar-refractivity contribution is -0.143. The first-order valence-corrected chi connectivity index (χ1v) is 10.2. The number of amides is 1. The van der Waals surface area contributed by atoms with Crippen LogP contribution in [-0.4, -0.2) is 52.4 Å². The maximum absolute atomic E-state index is 13.3. The van der Waals surface area contributed by atoms with Crippen molar-refractivity contribution in [1.82, 2.24) is 10.3 Å². The lowest BCUT2D eigenvalue weighted by Crippen LogP contribution is -2.64. The van der Waals surface area contributed by atoms with Crippen LogP contribution in [0.25, 0.3) is 0 Å². The highest BCUT2D eigenvalue weighted by atomic mass is 19.3. The van der Waals surface area contributed by atoms with Gasteiger partial charge in [0, 0.05) is 30.6 Å². The van der Waals surface area contributed by atoms with E-state index in [2.05, 4.69) is 20.4 Å². The number of hydrogen-bond donors (Lipinski definition) is 4. The summed E-state index contributed by atoms with van der Waals surface area (Å²) in [7, 11) is 0. The Hall–Kier alpha value is -3.21. The molecule has 1 aromatic carbocycles. The molecule has 0 radical (unpaired) electrons. The molecular weight excluding hydrogens is 444 g/mol. The topological polar surface area (TPSA) is 107 Å². The molecule has 33 heavy (non-hydrogen) atoms. The van der Waals surface area contributed by atoms with E-state index in [9.17, 15) is 27.5 Å². The van der Waals surface area contributed by atoms with Crippen LogP contribution in [0.2, 0.25) is 0 Å². The minimum absolute atomic E-state index is 0.0486. The van der Waals surface area contributed by atoms with Crippen molar-refractivity contribution < 1.29 is 32.2 Å². The van der Waals surface area contributed by atoms with Crippen LogP contribution in [-0.2, 0) is 0 Å². The van der Waals surface area contributed by atoms with E-state index in [4.69, 9.17) is 5.41 Å². The Morgan fingerprint density at radius 1 is 1.24 bits per heavy atom. The number of ether oxygens (including phenoxy) is 1. The number of halogens is 4. The van der Waals surface area contributed by atoms with Crippen LogP contribution < -0.4 is 15.4 Å². The largest absolute Gasteiger partial charge is 0.435 e. The molecular formula is C22H24F4N4O3. The minimum Gasteiger partial charge on any atom is -0.435 e. The summed E-state index contributed by atoms with van der Waals surface area (Å²) in [5.41, 5.74) is -0.715. The maximum Gasteiger partial charge on any atom is 0.387 e. The summed E-state index contributed by atoms with van der Waals surface area (Å²) < 4.78 is 56.1. The van der Waals surface area contributed by atoms with Crippen molar-refractivity contribution in [3.8, 4) is 5.75 Å². The number of carbonyl (C=O) groups is 1. The van der Waals surface area contributed by atoms with Crippen LogP contribution in [0, 0.1) is 5.41 Å². The molecule has 1 aromatic heterocycles. The van der Waals surface area contributed by atoms with Gasteiger partial charge in [-0.15, -0.1) is 0 Å². The number of benzene rings is 1. The SMILES string of the molecule is CC(C)Nc1cc(C(=O)NC2(CO)CC(F)(F)C2)cnc1C(=N)c1cccc(OC(F)F)c1. The molecule has 1 fully saturated rings. The second-order valence-corrected chi connectivity index (χ2v) is 8.30. The molecule has 1 amide bonds. The highest BCUT2D eigenvalue weighted by molar-refractivity contribution is 6.13. The number of anilines is 1. The standard InChI is InChI=1S/C22H24F4N4O3/c1-12(2)29-16-7-14(19(32)30-21(11-31)9-22(25,26)10-21)8-28-18(16)17(27)13-4-3-5-15(6-13)33-20(23)24/h3-8,12,20,27,29,31H,9-11H2,1-2H3,(H,30,32). The molecule has 3 rings (SSSR count). The van der Waals surface area contributed by atoms with Gasteiger partial charge in [0.15, 0.2) is 0 Å². The maximum atomic E-state index is 13.3. The van der Waals surface area contributed by atoms with Crippen LogP contribution in [0.4, 0.5) is 23.2 Å². The van der Waals surface area contributed by atoms with E-state index in [1.54, 1.807) is 0 Å². The van der Waals surface area contributed by atoms with Gasteiger partial charge in [-0.05, 0) is 32.0 Å².